The largest absolute Gasteiger partial charge is 0.416 e. The third-order valence-corrected chi connectivity index (χ3v) is 4.71. The summed E-state index contributed by atoms with van der Waals surface area (Å²) in [7, 11) is 0. The summed E-state index contributed by atoms with van der Waals surface area (Å²) >= 11 is 0. The molecule has 1 aromatic carbocycles. The van der Waals surface area contributed by atoms with Gasteiger partial charge in [0.1, 0.15) is 11.9 Å². The maximum Gasteiger partial charge on any atom is 0.416 e. The first-order chi connectivity index (χ1) is 13.4. The number of alkyl halides is 3. The maximum atomic E-state index is 13.7. The Bertz CT molecular complexity index is 987. The van der Waals surface area contributed by atoms with E-state index in [0.717, 1.165) is 28.7 Å². The van der Waals surface area contributed by atoms with Crippen molar-refractivity contribution in [2.75, 3.05) is 19.7 Å². The van der Waals surface area contributed by atoms with Crippen molar-refractivity contribution in [1.82, 2.24) is 14.9 Å². The molecule has 4 rings (SSSR count). The van der Waals surface area contributed by atoms with Crippen LogP contribution in [0.15, 0.2) is 48.8 Å². The third-order valence-electron chi connectivity index (χ3n) is 4.71. The van der Waals surface area contributed by atoms with E-state index in [2.05, 4.69) is 9.97 Å². The van der Waals surface area contributed by atoms with E-state index in [-0.39, 0.29) is 18.2 Å². The lowest BCUT2D eigenvalue weighted by atomic mass is 10.1. The van der Waals surface area contributed by atoms with Gasteiger partial charge in [-0.2, -0.15) is 13.2 Å². The molecule has 8 heteroatoms. The molecule has 3 aromatic rings. The van der Waals surface area contributed by atoms with Gasteiger partial charge in [-0.15, -0.1) is 0 Å². The van der Waals surface area contributed by atoms with Crippen LogP contribution in [0.3, 0.4) is 0 Å². The van der Waals surface area contributed by atoms with E-state index in [1.807, 2.05) is 23.1 Å². The summed E-state index contributed by atoms with van der Waals surface area (Å²) in [5.41, 5.74) is 0.841. The van der Waals surface area contributed by atoms with Crippen LogP contribution < -0.4 is 0 Å². The average Bonchev–Trinajstić information content (AvgIpc) is 2.66. The molecule has 0 bridgehead atoms. The highest BCUT2D eigenvalue weighted by Gasteiger charge is 2.32. The van der Waals surface area contributed by atoms with Crippen molar-refractivity contribution in [2.24, 2.45) is 0 Å². The molecule has 146 valence electrons. The minimum Gasteiger partial charge on any atom is -0.369 e. The Labute approximate surface area is 158 Å². The third kappa shape index (κ3) is 3.98. The lowest BCUT2D eigenvalue weighted by molar-refractivity contribution is -0.137. The second kappa shape index (κ2) is 7.44. The predicted molar refractivity (Wildman–Crippen MR) is 94.9 cm³/mol. The number of pyridine rings is 2. The lowest BCUT2D eigenvalue weighted by Gasteiger charge is -2.33. The van der Waals surface area contributed by atoms with Crippen LogP contribution in [0.2, 0.25) is 0 Å². The molecular formula is C20H17F4N3O. The van der Waals surface area contributed by atoms with Gasteiger partial charge in [0.2, 0.25) is 0 Å². The summed E-state index contributed by atoms with van der Waals surface area (Å²) < 4.78 is 58.4. The predicted octanol–water partition coefficient (Wildman–Crippen LogP) is 4.36. The standard InChI is InChI=1S/C20H17F4N3O/c21-15-9-13(8-14(10-15)20(22,23)24)11-27-6-7-28-18(12-27)19-16-2-1-4-25-17(16)3-5-26-19/h1-5,8-10,18H,6-7,11-12H2. The minimum absolute atomic E-state index is 0.198. The zero-order valence-electron chi connectivity index (χ0n) is 14.8. The Morgan fingerprint density at radius 3 is 2.79 bits per heavy atom. The smallest absolute Gasteiger partial charge is 0.369 e. The molecule has 0 aliphatic carbocycles. The van der Waals surface area contributed by atoms with Gasteiger partial charge in [0.15, 0.2) is 0 Å². The first-order valence-corrected chi connectivity index (χ1v) is 8.80. The van der Waals surface area contributed by atoms with Gasteiger partial charge >= 0.3 is 6.18 Å². The molecule has 0 amide bonds. The molecule has 3 heterocycles. The summed E-state index contributed by atoms with van der Waals surface area (Å²) in [6.07, 6.45) is -1.56. The number of halogens is 4. The van der Waals surface area contributed by atoms with Gasteiger partial charge < -0.3 is 4.74 Å². The molecule has 4 nitrogen and oxygen atoms in total. The molecular weight excluding hydrogens is 374 g/mol. The van der Waals surface area contributed by atoms with Crippen LogP contribution in [0, 0.1) is 5.82 Å². The van der Waals surface area contributed by atoms with Crippen molar-refractivity contribution in [3.63, 3.8) is 0 Å². The Balaban J connectivity index is 1.56. The molecule has 1 saturated heterocycles. The van der Waals surface area contributed by atoms with E-state index in [4.69, 9.17) is 4.74 Å². The monoisotopic (exact) mass is 391 g/mol. The fourth-order valence-electron chi connectivity index (χ4n) is 3.46. The van der Waals surface area contributed by atoms with Crippen molar-refractivity contribution in [3.05, 3.63) is 71.4 Å². The number of hydrogen-bond donors (Lipinski definition) is 0. The molecule has 28 heavy (non-hydrogen) atoms. The zero-order chi connectivity index (χ0) is 19.7. The fraction of sp³-hybridized carbons (Fsp3) is 0.300. The first-order valence-electron chi connectivity index (χ1n) is 8.80. The van der Waals surface area contributed by atoms with Crippen molar-refractivity contribution in [3.8, 4) is 0 Å². The minimum atomic E-state index is -4.58. The number of morpholine rings is 1. The molecule has 1 aliphatic rings. The normalized spacial score (nSPS) is 18.5. The number of hydrogen-bond acceptors (Lipinski definition) is 4. The Hall–Kier alpha value is -2.58. The van der Waals surface area contributed by atoms with Crippen molar-refractivity contribution < 1.29 is 22.3 Å². The highest BCUT2D eigenvalue weighted by Crippen LogP contribution is 2.31. The zero-order valence-corrected chi connectivity index (χ0v) is 14.8. The van der Waals surface area contributed by atoms with E-state index in [0.29, 0.717) is 25.8 Å². The molecule has 0 spiro atoms. The van der Waals surface area contributed by atoms with E-state index in [9.17, 15) is 17.6 Å². The molecule has 0 N–H and O–H groups in total. The van der Waals surface area contributed by atoms with Crippen molar-refractivity contribution >= 4 is 10.9 Å². The maximum absolute atomic E-state index is 13.7. The number of ether oxygens (including phenoxy) is 1. The van der Waals surface area contributed by atoms with E-state index < -0.39 is 17.6 Å². The van der Waals surface area contributed by atoms with Gasteiger partial charge in [-0.3, -0.25) is 14.9 Å². The van der Waals surface area contributed by atoms with Crippen LogP contribution in [0.1, 0.15) is 22.9 Å². The topological polar surface area (TPSA) is 38.2 Å². The molecule has 0 radical (unpaired) electrons. The average molecular weight is 391 g/mol. The molecule has 2 aromatic heterocycles. The second-order valence-electron chi connectivity index (χ2n) is 6.71. The van der Waals surface area contributed by atoms with E-state index in [1.165, 1.54) is 0 Å². The number of benzene rings is 1. The molecule has 1 aliphatic heterocycles. The Kier molecular flexibility index (Phi) is 4.99. The van der Waals surface area contributed by atoms with Gasteiger partial charge in [-0.25, -0.2) is 4.39 Å². The van der Waals surface area contributed by atoms with Crippen LogP contribution in [0.25, 0.3) is 10.9 Å². The van der Waals surface area contributed by atoms with Crippen LogP contribution >= 0.6 is 0 Å². The Morgan fingerprint density at radius 1 is 1.11 bits per heavy atom. The number of rotatable bonds is 3. The van der Waals surface area contributed by atoms with Gasteiger partial charge in [-0.1, -0.05) is 0 Å². The number of nitrogens with zero attached hydrogens (tertiary/aromatic N) is 3. The summed E-state index contributed by atoms with van der Waals surface area (Å²) in [5.74, 6) is -0.892. The first kappa shape index (κ1) is 18.8. The number of aromatic nitrogens is 2. The molecule has 0 saturated carbocycles. The van der Waals surface area contributed by atoms with Crippen LogP contribution in [-0.4, -0.2) is 34.6 Å². The highest BCUT2D eigenvalue weighted by molar-refractivity contribution is 5.80. The van der Waals surface area contributed by atoms with Crippen LogP contribution in [-0.2, 0) is 17.5 Å². The van der Waals surface area contributed by atoms with Gasteiger partial charge in [0, 0.05) is 37.4 Å². The van der Waals surface area contributed by atoms with E-state index >= 15 is 0 Å². The number of fused-ring (bicyclic) bond motifs is 1. The SMILES string of the molecule is Fc1cc(CN2CCOC(c3nccc4ncccc34)C2)cc(C(F)(F)F)c1. The van der Waals surface area contributed by atoms with Gasteiger partial charge in [0.25, 0.3) is 0 Å². The van der Waals surface area contributed by atoms with Crippen LogP contribution in [0.5, 0.6) is 0 Å². The van der Waals surface area contributed by atoms with Crippen molar-refractivity contribution in [2.45, 2.75) is 18.8 Å². The summed E-state index contributed by atoms with van der Waals surface area (Å²) in [5, 5.41) is 0.877. The molecule has 1 fully saturated rings. The molecule has 1 unspecified atom stereocenters. The summed E-state index contributed by atoms with van der Waals surface area (Å²) in [6, 6.07) is 8.19. The highest BCUT2D eigenvalue weighted by atomic mass is 19.4. The van der Waals surface area contributed by atoms with Gasteiger partial charge in [-0.05, 0) is 42.0 Å². The van der Waals surface area contributed by atoms with E-state index in [1.54, 1.807) is 12.4 Å². The quantitative estimate of drug-likeness (QED) is 0.622. The second-order valence-corrected chi connectivity index (χ2v) is 6.71. The summed E-state index contributed by atoms with van der Waals surface area (Å²) in [6.45, 7) is 1.59. The lowest BCUT2D eigenvalue weighted by Crippen LogP contribution is -2.38. The Morgan fingerprint density at radius 2 is 1.96 bits per heavy atom. The fourth-order valence-corrected chi connectivity index (χ4v) is 3.46. The summed E-state index contributed by atoms with van der Waals surface area (Å²) in [4.78, 5) is 10.7. The molecule has 1 atom stereocenters. The van der Waals surface area contributed by atoms with Crippen LogP contribution in [0.4, 0.5) is 17.6 Å². The van der Waals surface area contributed by atoms with Crippen molar-refractivity contribution in [1.29, 1.82) is 0 Å². The van der Waals surface area contributed by atoms with Gasteiger partial charge in [0.05, 0.1) is 23.4 Å².